The number of nitrogens with one attached hydrogen (secondary N) is 2. The number of piperidine rings is 1. The second kappa shape index (κ2) is 10.2. The summed E-state index contributed by atoms with van der Waals surface area (Å²) in [6.45, 7) is 8.38. The largest absolute Gasteiger partial charge is 0.343 e. The molecule has 1 fully saturated rings. The molecular weight excluding hydrogens is 420 g/mol. The molecule has 1 saturated heterocycles. The zero-order valence-corrected chi connectivity index (χ0v) is 19.7. The van der Waals surface area contributed by atoms with Gasteiger partial charge in [0, 0.05) is 19.3 Å². The minimum Gasteiger partial charge on any atom is -0.343 e. The van der Waals surface area contributed by atoms with Crippen LogP contribution in [0.3, 0.4) is 0 Å². The molecule has 178 valence electrons. The van der Waals surface area contributed by atoms with Gasteiger partial charge in [0.05, 0.1) is 11.9 Å². The van der Waals surface area contributed by atoms with E-state index in [-0.39, 0.29) is 5.91 Å². The lowest BCUT2D eigenvalue weighted by molar-refractivity contribution is -0.135. The third kappa shape index (κ3) is 6.19. The highest BCUT2D eigenvalue weighted by Gasteiger charge is 2.30. The van der Waals surface area contributed by atoms with Gasteiger partial charge in [-0.05, 0) is 45.1 Å². The predicted octanol–water partition coefficient (Wildman–Crippen LogP) is 1.91. The van der Waals surface area contributed by atoms with Gasteiger partial charge in [0.15, 0.2) is 5.82 Å². The topological polar surface area (TPSA) is 122 Å². The molecule has 1 aromatic heterocycles. The van der Waals surface area contributed by atoms with Crippen molar-refractivity contribution < 1.29 is 14.4 Å². The third-order valence-electron chi connectivity index (χ3n) is 5.92. The fourth-order valence-electron chi connectivity index (χ4n) is 3.70. The van der Waals surface area contributed by atoms with Crippen molar-refractivity contribution in [3.05, 3.63) is 48.4 Å². The number of rotatable bonds is 7. The number of carbonyl (C=O) groups excluding carboxylic acids is 3. The molecular formula is C24H34N6O3. The molecule has 0 radical (unpaired) electrons. The van der Waals surface area contributed by atoms with Crippen molar-refractivity contribution in [1.82, 2.24) is 19.8 Å². The maximum absolute atomic E-state index is 13.5. The number of hydrogen-bond acceptors (Lipinski definition) is 5. The fourth-order valence-corrected chi connectivity index (χ4v) is 3.70. The molecule has 0 spiro atoms. The number of anilines is 1. The number of carbonyl (C=O) groups is 3. The number of hydrogen-bond donors (Lipinski definition) is 3. The Morgan fingerprint density at radius 1 is 1.15 bits per heavy atom. The Hall–Kier alpha value is -3.20. The lowest BCUT2D eigenvalue weighted by Crippen LogP contribution is -2.54. The second-order valence-electron chi connectivity index (χ2n) is 9.43. The predicted molar refractivity (Wildman–Crippen MR) is 126 cm³/mol. The SMILES string of the molecule is CC1CCN(C(=O)C(c2ccccc2)n2cnc(NC(=O)[C@@H](C)NC(=O)C(C)(C)N)c2)CC1. The van der Waals surface area contributed by atoms with Gasteiger partial charge in [-0.25, -0.2) is 4.98 Å². The van der Waals surface area contributed by atoms with Crippen molar-refractivity contribution >= 4 is 23.5 Å². The van der Waals surface area contributed by atoms with Crippen LogP contribution in [-0.4, -0.2) is 56.8 Å². The molecule has 1 aliphatic rings. The maximum atomic E-state index is 13.5. The summed E-state index contributed by atoms with van der Waals surface area (Å²) in [6.07, 6.45) is 5.16. The maximum Gasteiger partial charge on any atom is 0.250 e. The van der Waals surface area contributed by atoms with Gasteiger partial charge in [0.1, 0.15) is 12.1 Å². The van der Waals surface area contributed by atoms with Crippen molar-refractivity contribution in [2.45, 2.75) is 58.2 Å². The third-order valence-corrected chi connectivity index (χ3v) is 5.92. The van der Waals surface area contributed by atoms with Crippen molar-refractivity contribution in [2.75, 3.05) is 18.4 Å². The summed E-state index contributed by atoms with van der Waals surface area (Å²) >= 11 is 0. The molecule has 3 rings (SSSR count). The molecule has 2 heterocycles. The van der Waals surface area contributed by atoms with Crippen LogP contribution in [0.4, 0.5) is 5.82 Å². The van der Waals surface area contributed by atoms with Crippen molar-refractivity contribution in [1.29, 1.82) is 0 Å². The highest BCUT2D eigenvalue weighted by atomic mass is 16.2. The van der Waals surface area contributed by atoms with Crippen LogP contribution in [0.2, 0.25) is 0 Å². The average Bonchev–Trinajstić information content (AvgIpc) is 3.22. The minimum atomic E-state index is -1.09. The molecule has 9 heteroatoms. The Morgan fingerprint density at radius 3 is 2.39 bits per heavy atom. The molecule has 0 saturated carbocycles. The molecule has 1 aromatic carbocycles. The summed E-state index contributed by atoms with van der Waals surface area (Å²) in [7, 11) is 0. The van der Waals surface area contributed by atoms with Gasteiger partial charge >= 0.3 is 0 Å². The van der Waals surface area contributed by atoms with Crippen LogP contribution in [-0.2, 0) is 14.4 Å². The number of nitrogens with two attached hydrogens (primary N) is 1. The van der Waals surface area contributed by atoms with Crippen LogP contribution in [0.15, 0.2) is 42.9 Å². The van der Waals surface area contributed by atoms with Crippen molar-refractivity contribution in [3.63, 3.8) is 0 Å². The molecule has 0 bridgehead atoms. The van der Waals surface area contributed by atoms with Crippen LogP contribution < -0.4 is 16.4 Å². The van der Waals surface area contributed by atoms with E-state index in [9.17, 15) is 14.4 Å². The highest BCUT2D eigenvalue weighted by molar-refractivity contribution is 5.97. The summed E-state index contributed by atoms with van der Waals surface area (Å²) < 4.78 is 1.72. The smallest absolute Gasteiger partial charge is 0.250 e. The summed E-state index contributed by atoms with van der Waals surface area (Å²) in [5.74, 6) is 0.0709. The van der Waals surface area contributed by atoms with Crippen LogP contribution in [0, 0.1) is 5.92 Å². The van der Waals surface area contributed by atoms with Gasteiger partial charge in [-0.3, -0.25) is 14.4 Å². The van der Waals surface area contributed by atoms with E-state index in [0.29, 0.717) is 11.7 Å². The van der Waals surface area contributed by atoms with Crippen molar-refractivity contribution in [3.8, 4) is 0 Å². The first-order chi connectivity index (χ1) is 15.6. The summed E-state index contributed by atoms with van der Waals surface area (Å²) in [5, 5.41) is 5.29. The number of benzene rings is 1. The van der Waals surface area contributed by atoms with E-state index in [1.165, 1.54) is 0 Å². The Balaban J connectivity index is 1.76. The molecule has 2 aromatic rings. The number of likely N-dealkylation sites (tertiary alicyclic amines) is 1. The monoisotopic (exact) mass is 454 g/mol. The van der Waals surface area contributed by atoms with Crippen LogP contribution in [0.1, 0.15) is 52.1 Å². The number of aromatic nitrogens is 2. The van der Waals surface area contributed by atoms with Crippen LogP contribution in [0.25, 0.3) is 0 Å². The van der Waals surface area contributed by atoms with Gasteiger partial charge in [-0.15, -0.1) is 0 Å². The summed E-state index contributed by atoms with van der Waals surface area (Å²) in [6, 6.07) is 8.17. The van der Waals surface area contributed by atoms with Gasteiger partial charge < -0.3 is 25.8 Å². The molecule has 3 amide bonds. The lowest BCUT2D eigenvalue weighted by atomic mass is 9.97. The molecule has 0 aliphatic carbocycles. The molecule has 9 nitrogen and oxygen atoms in total. The van der Waals surface area contributed by atoms with E-state index < -0.39 is 29.4 Å². The minimum absolute atomic E-state index is 0.00850. The Morgan fingerprint density at radius 2 is 1.79 bits per heavy atom. The van der Waals surface area contributed by atoms with Crippen LogP contribution in [0.5, 0.6) is 0 Å². The van der Waals surface area contributed by atoms with E-state index in [4.69, 9.17) is 5.73 Å². The Labute approximate surface area is 194 Å². The first kappa shape index (κ1) is 24.4. The first-order valence-corrected chi connectivity index (χ1v) is 11.3. The van der Waals surface area contributed by atoms with Gasteiger partial charge in [-0.2, -0.15) is 0 Å². The highest BCUT2D eigenvalue weighted by Crippen LogP contribution is 2.25. The number of nitrogens with zero attached hydrogens (tertiary/aromatic N) is 3. The molecule has 2 atom stereocenters. The number of amides is 3. The van der Waals surface area contributed by atoms with Gasteiger partial charge in [0.25, 0.3) is 0 Å². The zero-order valence-electron chi connectivity index (χ0n) is 19.7. The van der Waals surface area contributed by atoms with E-state index >= 15 is 0 Å². The summed E-state index contributed by atoms with van der Waals surface area (Å²) in [5.41, 5.74) is 5.53. The molecule has 33 heavy (non-hydrogen) atoms. The fraction of sp³-hybridized carbons (Fsp3) is 0.500. The standard InChI is InChI=1S/C24H34N6O3/c1-16-10-12-29(13-11-16)22(32)20(18-8-6-5-7-9-18)30-14-19(26-15-30)28-21(31)17(2)27-23(33)24(3,4)25/h5-9,14-17,20H,10-13,25H2,1-4H3,(H,27,33)(H,28,31)/t17-,20?/m1/s1. The normalized spacial score (nSPS) is 16.7. The van der Waals surface area contributed by atoms with E-state index in [0.717, 1.165) is 31.5 Å². The molecule has 1 aliphatic heterocycles. The van der Waals surface area contributed by atoms with Crippen molar-refractivity contribution in [2.24, 2.45) is 11.7 Å². The average molecular weight is 455 g/mol. The quantitative estimate of drug-likeness (QED) is 0.590. The van der Waals surface area contributed by atoms with Crippen LogP contribution >= 0.6 is 0 Å². The number of imidazole rings is 1. The zero-order chi connectivity index (χ0) is 24.2. The Bertz CT molecular complexity index is 974. The van der Waals surface area contributed by atoms with E-state index in [2.05, 4.69) is 22.5 Å². The van der Waals surface area contributed by atoms with Gasteiger partial charge in [0.2, 0.25) is 17.7 Å². The van der Waals surface area contributed by atoms with Gasteiger partial charge in [-0.1, -0.05) is 37.3 Å². The van der Waals surface area contributed by atoms with E-state index in [1.54, 1.807) is 37.9 Å². The summed E-state index contributed by atoms with van der Waals surface area (Å²) in [4.78, 5) is 44.3. The molecule has 4 N–H and O–H groups in total. The lowest BCUT2D eigenvalue weighted by Gasteiger charge is -2.33. The molecule has 1 unspecified atom stereocenters. The Kier molecular flexibility index (Phi) is 7.53. The second-order valence-corrected chi connectivity index (χ2v) is 9.43. The first-order valence-electron chi connectivity index (χ1n) is 11.3. The van der Waals surface area contributed by atoms with E-state index in [1.807, 2.05) is 35.2 Å².